The fourth-order valence-corrected chi connectivity index (χ4v) is 2.10. The Bertz CT molecular complexity index is 367. The monoisotopic (exact) mass is 231 g/mol. The van der Waals surface area contributed by atoms with E-state index in [0.717, 1.165) is 5.56 Å². The largest absolute Gasteiger partial charge is 0.491 e. The number of hydrogen-bond acceptors (Lipinski definition) is 2. The summed E-state index contributed by atoms with van der Waals surface area (Å²) in [7, 11) is 0. The fraction of sp³-hybridized carbons (Fsp3) is 0.400. The van der Waals surface area contributed by atoms with Crippen molar-refractivity contribution in [2.24, 2.45) is 11.7 Å². The van der Waals surface area contributed by atoms with E-state index >= 15 is 0 Å². The van der Waals surface area contributed by atoms with E-state index in [1.807, 2.05) is 6.92 Å². The summed E-state index contributed by atoms with van der Waals surface area (Å²) < 4.78 is 5.52. The van der Waals surface area contributed by atoms with E-state index in [2.05, 4.69) is 0 Å². The average Bonchev–Trinajstić information content (AvgIpc) is 2.16. The predicted molar refractivity (Wildman–Crippen MR) is 58.0 cm³/mol. The van der Waals surface area contributed by atoms with Crippen LogP contribution in [0, 0.1) is 5.92 Å². The average molecular weight is 232 g/mol. The summed E-state index contributed by atoms with van der Waals surface area (Å²) in [4.78, 5) is 0. The van der Waals surface area contributed by atoms with E-state index in [1.165, 1.54) is 0 Å². The van der Waals surface area contributed by atoms with Crippen LogP contribution in [0.5, 0.6) is 5.75 Å². The quantitative estimate of drug-likeness (QED) is 0.746. The van der Waals surface area contributed by atoms with Crippen molar-refractivity contribution in [3.05, 3.63) is 27.7 Å². The van der Waals surface area contributed by atoms with Gasteiger partial charge in [-0.15, -0.1) is 0 Å². The Labute approximate surface area is 92.9 Å². The van der Waals surface area contributed by atoms with E-state index in [1.54, 1.807) is 12.1 Å². The van der Waals surface area contributed by atoms with Crippen LogP contribution in [0.2, 0.25) is 10.0 Å². The zero-order valence-electron chi connectivity index (χ0n) is 7.76. The van der Waals surface area contributed by atoms with Gasteiger partial charge in [0.15, 0.2) is 0 Å². The van der Waals surface area contributed by atoms with Crippen molar-refractivity contribution in [2.45, 2.75) is 13.0 Å². The van der Waals surface area contributed by atoms with Crippen LogP contribution in [0.1, 0.15) is 18.5 Å². The molecular formula is C10H11Cl2NO. The van der Waals surface area contributed by atoms with Crippen LogP contribution in [0.4, 0.5) is 0 Å². The van der Waals surface area contributed by atoms with Crippen molar-refractivity contribution in [2.75, 3.05) is 6.61 Å². The number of hydrogen-bond donors (Lipinski definition) is 1. The topological polar surface area (TPSA) is 35.2 Å². The number of fused-ring (bicyclic) bond motifs is 1. The highest BCUT2D eigenvalue weighted by Crippen LogP contribution is 2.42. The van der Waals surface area contributed by atoms with Crippen molar-refractivity contribution in [3.8, 4) is 5.75 Å². The Morgan fingerprint density at radius 3 is 2.71 bits per heavy atom. The fourth-order valence-electron chi connectivity index (χ4n) is 1.61. The summed E-state index contributed by atoms with van der Waals surface area (Å²) in [5.74, 6) is 0.906. The highest BCUT2D eigenvalue weighted by atomic mass is 35.5. The van der Waals surface area contributed by atoms with Crippen LogP contribution in [-0.2, 0) is 0 Å². The summed E-state index contributed by atoms with van der Waals surface area (Å²) in [5.41, 5.74) is 6.87. The van der Waals surface area contributed by atoms with Crippen molar-refractivity contribution in [1.82, 2.24) is 0 Å². The van der Waals surface area contributed by atoms with Gasteiger partial charge in [0, 0.05) is 22.5 Å². The molecule has 0 bridgehead atoms. The van der Waals surface area contributed by atoms with Crippen molar-refractivity contribution >= 4 is 23.2 Å². The molecule has 2 unspecified atom stereocenters. The van der Waals surface area contributed by atoms with Gasteiger partial charge in [-0.1, -0.05) is 30.1 Å². The maximum absolute atomic E-state index is 6.06. The first-order valence-electron chi connectivity index (χ1n) is 4.47. The highest BCUT2D eigenvalue weighted by Gasteiger charge is 2.28. The van der Waals surface area contributed by atoms with Gasteiger partial charge in [-0.2, -0.15) is 0 Å². The van der Waals surface area contributed by atoms with E-state index < -0.39 is 0 Å². The van der Waals surface area contributed by atoms with E-state index in [-0.39, 0.29) is 12.0 Å². The van der Waals surface area contributed by atoms with Crippen LogP contribution in [0.3, 0.4) is 0 Å². The van der Waals surface area contributed by atoms with Crippen LogP contribution in [0.15, 0.2) is 12.1 Å². The molecule has 1 heterocycles. The molecule has 0 saturated carbocycles. The molecule has 0 radical (unpaired) electrons. The van der Waals surface area contributed by atoms with Gasteiger partial charge >= 0.3 is 0 Å². The Balaban J connectivity index is 2.58. The SMILES string of the molecule is CC1COc2c(Cl)ccc(Cl)c2C1N. The van der Waals surface area contributed by atoms with E-state index in [9.17, 15) is 0 Å². The van der Waals surface area contributed by atoms with Gasteiger partial charge < -0.3 is 10.5 Å². The van der Waals surface area contributed by atoms with Crippen molar-refractivity contribution < 1.29 is 4.74 Å². The minimum absolute atomic E-state index is 0.0926. The molecule has 0 saturated heterocycles. The van der Waals surface area contributed by atoms with E-state index in [4.69, 9.17) is 33.7 Å². The molecule has 1 aromatic rings. The molecule has 1 aromatic carbocycles. The molecule has 0 spiro atoms. The Hall–Kier alpha value is -0.440. The molecule has 0 aliphatic carbocycles. The Morgan fingerprint density at radius 1 is 1.36 bits per heavy atom. The summed E-state index contributed by atoms with van der Waals surface area (Å²) in [6.45, 7) is 2.62. The first-order valence-corrected chi connectivity index (χ1v) is 5.23. The molecule has 2 rings (SSSR count). The lowest BCUT2D eigenvalue weighted by Crippen LogP contribution is -2.29. The molecule has 1 aliphatic rings. The summed E-state index contributed by atoms with van der Waals surface area (Å²) in [5, 5.41) is 1.20. The number of ether oxygens (including phenoxy) is 1. The normalized spacial score (nSPS) is 25.4. The zero-order chi connectivity index (χ0) is 10.3. The van der Waals surface area contributed by atoms with Gasteiger partial charge in [0.1, 0.15) is 5.75 Å². The first-order chi connectivity index (χ1) is 6.61. The molecule has 2 N–H and O–H groups in total. The molecular weight excluding hydrogens is 221 g/mol. The zero-order valence-corrected chi connectivity index (χ0v) is 9.27. The maximum atomic E-state index is 6.06. The van der Waals surface area contributed by atoms with Crippen molar-refractivity contribution in [1.29, 1.82) is 0 Å². The second-order valence-electron chi connectivity index (χ2n) is 3.59. The molecule has 0 amide bonds. The maximum Gasteiger partial charge on any atom is 0.144 e. The molecule has 0 aromatic heterocycles. The lowest BCUT2D eigenvalue weighted by Gasteiger charge is -2.30. The summed E-state index contributed by atoms with van der Waals surface area (Å²) >= 11 is 12.0. The highest BCUT2D eigenvalue weighted by molar-refractivity contribution is 6.35. The van der Waals surface area contributed by atoms with Crippen LogP contribution < -0.4 is 10.5 Å². The molecule has 0 fully saturated rings. The molecule has 1 aliphatic heterocycles. The van der Waals surface area contributed by atoms with Gasteiger partial charge in [-0.25, -0.2) is 0 Å². The van der Waals surface area contributed by atoms with Crippen LogP contribution in [0.25, 0.3) is 0 Å². The molecule has 2 atom stereocenters. The molecule has 2 nitrogen and oxygen atoms in total. The van der Waals surface area contributed by atoms with Gasteiger partial charge in [-0.3, -0.25) is 0 Å². The number of rotatable bonds is 0. The second kappa shape index (κ2) is 3.61. The first kappa shape index (κ1) is 10.1. The molecule has 14 heavy (non-hydrogen) atoms. The Morgan fingerprint density at radius 2 is 2.00 bits per heavy atom. The minimum atomic E-state index is -0.0926. The predicted octanol–water partition coefficient (Wildman–Crippen LogP) is 3.02. The molecule has 76 valence electrons. The number of nitrogens with two attached hydrogens (primary N) is 1. The third kappa shape index (κ3) is 1.48. The lowest BCUT2D eigenvalue weighted by molar-refractivity contribution is 0.207. The lowest BCUT2D eigenvalue weighted by atomic mass is 9.93. The summed E-state index contributed by atoms with van der Waals surface area (Å²) in [6, 6.07) is 3.39. The van der Waals surface area contributed by atoms with Gasteiger partial charge in [0.2, 0.25) is 0 Å². The van der Waals surface area contributed by atoms with Gasteiger partial charge in [0.05, 0.1) is 11.6 Å². The number of benzene rings is 1. The van der Waals surface area contributed by atoms with Gasteiger partial charge in [-0.05, 0) is 12.1 Å². The third-order valence-corrected chi connectivity index (χ3v) is 3.16. The smallest absolute Gasteiger partial charge is 0.144 e. The Kier molecular flexibility index (Phi) is 2.60. The van der Waals surface area contributed by atoms with Crippen LogP contribution in [-0.4, -0.2) is 6.61 Å². The molecule has 4 heteroatoms. The number of halogens is 2. The minimum Gasteiger partial charge on any atom is -0.491 e. The third-order valence-electron chi connectivity index (χ3n) is 2.53. The second-order valence-corrected chi connectivity index (χ2v) is 4.40. The van der Waals surface area contributed by atoms with Gasteiger partial charge in [0.25, 0.3) is 0 Å². The summed E-state index contributed by atoms with van der Waals surface area (Å²) in [6.07, 6.45) is 0. The van der Waals surface area contributed by atoms with Crippen LogP contribution >= 0.6 is 23.2 Å². The van der Waals surface area contributed by atoms with E-state index in [0.29, 0.717) is 22.4 Å². The van der Waals surface area contributed by atoms with Crippen molar-refractivity contribution in [3.63, 3.8) is 0 Å². The standard InChI is InChI=1S/C10H11Cl2NO/c1-5-4-14-10-7(12)3-2-6(11)8(10)9(5)13/h2-3,5,9H,4,13H2,1H3.